The summed E-state index contributed by atoms with van der Waals surface area (Å²) in [6.07, 6.45) is 0.556. The van der Waals surface area contributed by atoms with Crippen LogP contribution in [0.5, 0.6) is 0 Å². The zero-order chi connectivity index (χ0) is 12.6. The number of fused-ring (bicyclic) bond motifs is 2. The Morgan fingerprint density at radius 3 is 1.81 bits per heavy atom. The molecule has 2 unspecified atom stereocenters. The van der Waals surface area contributed by atoms with Gasteiger partial charge in [-0.25, -0.2) is 13.6 Å². The minimum absolute atomic E-state index is 0.153. The van der Waals surface area contributed by atoms with Gasteiger partial charge in [0.25, 0.3) is 0 Å². The molecule has 5 nitrogen and oxygen atoms in total. The molecule has 2 fully saturated rings. The summed E-state index contributed by atoms with van der Waals surface area (Å²) in [6, 6.07) is 0. The Kier molecular flexibility index (Phi) is 1.88. The van der Waals surface area contributed by atoms with Crippen LogP contribution < -0.4 is 5.14 Å². The van der Waals surface area contributed by atoms with Crippen molar-refractivity contribution in [1.82, 2.24) is 0 Å². The van der Waals surface area contributed by atoms with Gasteiger partial charge < -0.3 is 0 Å². The largest absolute Gasteiger partial charge is 0.290 e. The minimum Gasteiger partial charge on any atom is -0.290 e. The van der Waals surface area contributed by atoms with Crippen LogP contribution in [0.4, 0.5) is 0 Å². The van der Waals surface area contributed by atoms with Gasteiger partial charge in [-0.2, -0.15) is 0 Å². The molecule has 90 valence electrons. The summed E-state index contributed by atoms with van der Waals surface area (Å²) in [6.45, 7) is 4.95. The molecule has 0 aromatic rings. The third-order valence-corrected chi connectivity index (χ3v) is 6.80. The van der Waals surface area contributed by atoms with Crippen LogP contribution in [0.3, 0.4) is 0 Å². The maximum atomic E-state index is 11.9. The predicted octanol–water partition coefficient (Wildman–Crippen LogP) is -0.00820. The van der Waals surface area contributed by atoms with Crippen molar-refractivity contribution in [2.24, 2.45) is 16.0 Å². The highest BCUT2D eigenvalue weighted by Crippen LogP contribution is 2.66. The first kappa shape index (κ1) is 11.7. The summed E-state index contributed by atoms with van der Waals surface area (Å²) in [4.78, 5) is 23.8. The van der Waals surface area contributed by atoms with E-state index in [2.05, 4.69) is 0 Å². The highest BCUT2D eigenvalue weighted by Gasteiger charge is 2.79. The lowest BCUT2D eigenvalue weighted by Crippen LogP contribution is -2.54. The van der Waals surface area contributed by atoms with Crippen LogP contribution in [0, 0.1) is 10.8 Å². The smallest absolute Gasteiger partial charge is 0.223 e. The lowest BCUT2D eigenvalue weighted by molar-refractivity contribution is -0.140. The molecule has 2 N–H and O–H groups in total. The van der Waals surface area contributed by atoms with Gasteiger partial charge in [0.05, 0.1) is 0 Å². The van der Waals surface area contributed by atoms with Gasteiger partial charge in [0, 0.05) is 10.8 Å². The van der Waals surface area contributed by atoms with Crippen LogP contribution in [0.2, 0.25) is 0 Å². The second-order valence-corrected chi connectivity index (χ2v) is 7.27. The number of rotatable bonds is 1. The summed E-state index contributed by atoms with van der Waals surface area (Å²) >= 11 is 0. The van der Waals surface area contributed by atoms with E-state index in [1.807, 2.05) is 0 Å². The molecular weight excluding hydrogens is 230 g/mol. The van der Waals surface area contributed by atoms with E-state index < -0.39 is 37.2 Å². The zero-order valence-electron chi connectivity index (χ0n) is 9.53. The van der Waals surface area contributed by atoms with E-state index in [0.29, 0.717) is 6.42 Å². The molecule has 2 atom stereocenters. The van der Waals surface area contributed by atoms with Crippen LogP contribution in [0.15, 0.2) is 0 Å². The fraction of sp³-hybridized carbons (Fsp3) is 0.800. The van der Waals surface area contributed by atoms with E-state index in [1.54, 1.807) is 20.8 Å². The van der Waals surface area contributed by atoms with Crippen molar-refractivity contribution >= 4 is 21.6 Å². The number of Topliss-reactive ketones (excluding diaryl/α,β-unsaturated/α-hetero) is 2. The van der Waals surface area contributed by atoms with E-state index in [4.69, 9.17) is 5.14 Å². The van der Waals surface area contributed by atoms with E-state index >= 15 is 0 Å². The van der Waals surface area contributed by atoms with Gasteiger partial charge in [-0.3, -0.25) is 9.59 Å². The molecule has 2 bridgehead atoms. The Balaban J connectivity index is 2.84. The quantitative estimate of drug-likeness (QED) is 0.657. The van der Waals surface area contributed by atoms with Gasteiger partial charge >= 0.3 is 0 Å². The molecule has 0 radical (unpaired) electrons. The van der Waals surface area contributed by atoms with Crippen molar-refractivity contribution in [3.63, 3.8) is 0 Å². The summed E-state index contributed by atoms with van der Waals surface area (Å²) in [5, 5.41) is 5.20. The van der Waals surface area contributed by atoms with Crippen molar-refractivity contribution in [2.75, 3.05) is 0 Å². The molecule has 2 rings (SSSR count). The molecule has 2 aliphatic rings. The standard InChI is InChI=1S/C10H15NO4S/c1-8(2)9(3)4-5-10(8,16(11,14)15)7(13)6(9)12/h4-5H2,1-3H3,(H2,11,14,15). The summed E-state index contributed by atoms with van der Waals surface area (Å²) < 4.78 is 21.8. The lowest BCUT2D eigenvalue weighted by atomic mass is 9.70. The molecule has 2 aliphatic carbocycles. The number of hydrogen-bond donors (Lipinski definition) is 1. The molecule has 0 spiro atoms. The van der Waals surface area contributed by atoms with Gasteiger partial charge in [-0.05, 0) is 12.8 Å². The number of carbonyl (C=O) groups excluding carboxylic acids is 2. The second-order valence-electron chi connectivity index (χ2n) is 5.49. The fourth-order valence-electron chi connectivity index (χ4n) is 3.35. The average molecular weight is 245 g/mol. The van der Waals surface area contributed by atoms with Crippen molar-refractivity contribution in [1.29, 1.82) is 0 Å². The van der Waals surface area contributed by atoms with Crippen LogP contribution in [0.25, 0.3) is 0 Å². The number of sulfonamides is 1. The van der Waals surface area contributed by atoms with Crippen molar-refractivity contribution in [3.05, 3.63) is 0 Å². The molecule has 0 heterocycles. The average Bonchev–Trinajstić information content (AvgIpc) is 2.38. The molecule has 0 amide bonds. The van der Waals surface area contributed by atoms with Crippen molar-refractivity contribution in [2.45, 2.75) is 38.4 Å². The first-order valence-corrected chi connectivity index (χ1v) is 6.68. The molecule has 0 aromatic heterocycles. The van der Waals surface area contributed by atoms with Crippen LogP contribution in [-0.4, -0.2) is 24.7 Å². The van der Waals surface area contributed by atoms with Gasteiger partial charge in [-0.1, -0.05) is 20.8 Å². The van der Waals surface area contributed by atoms with Crippen molar-refractivity contribution < 1.29 is 18.0 Å². The third kappa shape index (κ3) is 0.820. The van der Waals surface area contributed by atoms with Gasteiger partial charge in [0.15, 0.2) is 4.75 Å². The Morgan fingerprint density at radius 2 is 1.56 bits per heavy atom. The number of primary sulfonamides is 1. The van der Waals surface area contributed by atoms with Gasteiger partial charge in [0.2, 0.25) is 21.6 Å². The number of hydrogen-bond acceptors (Lipinski definition) is 4. The van der Waals surface area contributed by atoms with E-state index in [0.717, 1.165) is 0 Å². The summed E-state index contributed by atoms with van der Waals surface area (Å²) in [5.74, 6) is -1.41. The molecule has 2 saturated carbocycles. The zero-order valence-corrected chi connectivity index (χ0v) is 10.3. The van der Waals surface area contributed by atoms with E-state index in [1.165, 1.54) is 0 Å². The molecule has 16 heavy (non-hydrogen) atoms. The first-order chi connectivity index (χ1) is 7.02. The molecule has 0 saturated heterocycles. The topological polar surface area (TPSA) is 94.3 Å². The van der Waals surface area contributed by atoms with Crippen molar-refractivity contribution in [3.8, 4) is 0 Å². The van der Waals surface area contributed by atoms with Crippen LogP contribution in [-0.2, 0) is 19.6 Å². The Hall–Kier alpha value is -0.750. The highest BCUT2D eigenvalue weighted by atomic mass is 32.2. The SMILES string of the molecule is CC12CCC(S(N)(=O)=O)(C(=O)C1=O)C2(C)C. The number of carbonyl (C=O) groups is 2. The molecule has 6 heteroatoms. The molecule has 0 aromatic carbocycles. The molecular formula is C10H15NO4S. The highest BCUT2D eigenvalue weighted by molar-refractivity contribution is 7.91. The van der Waals surface area contributed by atoms with E-state index in [-0.39, 0.29) is 6.42 Å². The number of nitrogens with two attached hydrogens (primary N) is 1. The van der Waals surface area contributed by atoms with Crippen LogP contribution in [0.1, 0.15) is 33.6 Å². The van der Waals surface area contributed by atoms with Gasteiger partial charge in [0.1, 0.15) is 0 Å². The van der Waals surface area contributed by atoms with E-state index in [9.17, 15) is 18.0 Å². The summed E-state index contributed by atoms with van der Waals surface area (Å²) in [7, 11) is -4.07. The van der Waals surface area contributed by atoms with Crippen LogP contribution >= 0.6 is 0 Å². The number of ketones is 2. The van der Waals surface area contributed by atoms with Gasteiger partial charge in [-0.15, -0.1) is 0 Å². The first-order valence-electron chi connectivity index (χ1n) is 5.14. The second kappa shape index (κ2) is 2.56. The Morgan fingerprint density at radius 1 is 1.06 bits per heavy atom. The molecule has 0 aliphatic heterocycles. The fourth-order valence-corrected chi connectivity index (χ4v) is 5.03. The predicted molar refractivity (Wildman–Crippen MR) is 57.0 cm³/mol. The monoisotopic (exact) mass is 245 g/mol. The maximum absolute atomic E-state index is 11.9. The Bertz CT molecular complexity index is 507. The normalized spacial score (nSPS) is 41.8. The lowest BCUT2D eigenvalue weighted by Gasteiger charge is -2.36. The minimum atomic E-state index is -4.07. The maximum Gasteiger partial charge on any atom is 0.223 e. The Labute approximate surface area is 94.4 Å². The summed E-state index contributed by atoms with van der Waals surface area (Å²) in [5.41, 5.74) is -1.82. The third-order valence-electron chi connectivity index (χ3n) is 4.93.